The van der Waals surface area contributed by atoms with E-state index in [0.29, 0.717) is 11.3 Å². The van der Waals surface area contributed by atoms with Gasteiger partial charge in [-0.2, -0.15) is 0 Å². The van der Waals surface area contributed by atoms with Crippen LogP contribution in [-0.4, -0.2) is 18.0 Å². The van der Waals surface area contributed by atoms with Crippen LogP contribution in [0.4, 0.5) is 0 Å². The molecule has 1 aromatic rings. The van der Waals surface area contributed by atoms with Crippen molar-refractivity contribution in [2.75, 3.05) is 7.11 Å². The summed E-state index contributed by atoms with van der Waals surface area (Å²) in [5.74, 6) is 0.534. The van der Waals surface area contributed by atoms with Crippen molar-refractivity contribution in [2.24, 2.45) is 0 Å². The Morgan fingerprint density at radius 2 is 2.07 bits per heavy atom. The first-order valence-electron chi connectivity index (χ1n) is 4.82. The number of hydrogen-bond donors (Lipinski definition) is 1. The Labute approximate surface area is 89.7 Å². The molecule has 3 nitrogen and oxygen atoms in total. The van der Waals surface area contributed by atoms with E-state index in [2.05, 4.69) is 0 Å². The van der Waals surface area contributed by atoms with Gasteiger partial charge in [-0.05, 0) is 38.0 Å². The number of Topliss-reactive ketones (excluding diaryl/α,β-unsaturated/α-hetero) is 1. The first-order chi connectivity index (χ1) is 6.97. The van der Waals surface area contributed by atoms with Crippen molar-refractivity contribution in [3.63, 3.8) is 0 Å². The van der Waals surface area contributed by atoms with E-state index in [0.717, 1.165) is 11.1 Å². The minimum atomic E-state index is 0.0288. The van der Waals surface area contributed by atoms with Crippen LogP contribution in [0, 0.1) is 13.8 Å². The van der Waals surface area contributed by atoms with Gasteiger partial charge in [0.05, 0.1) is 7.11 Å². The smallest absolute Gasteiger partial charge is 0.161 e. The summed E-state index contributed by atoms with van der Waals surface area (Å²) < 4.78 is 5.04. The van der Waals surface area contributed by atoms with Crippen LogP contribution in [0.25, 0.3) is 0 Å². The van der Waals surface area contributed by atoms with E-state index in [1.54, 1.807) is 6.07 Å². The van der Waals surface area contributed by atoms with Crippen molar-refractivity contribution in [3.05, 3.63) is 22.8 Å². The predicted molar refractivity (Wildman–Crippen MR) is 58.5 cm³/mol. The molecular weight excluding hydrogens is 192 g/mol. The van der Waals surface area contributed by atoms with E-state index in [4.69, 9.17) is 4.74 Å². The average molecular weight is 208 g/mol. The molecule has 0 heterocycles. The molecule has 0 aliphatic carbocycles. The highest BCUT2D eigenvalue weighted by atomic mass is 16.5. The molecule has 1 aromatic carbocycles. The molecule has 0 amide bonds. The van der Waals surface area contributed by atoms with Gasteiger partial charge in [0.1, 0.15) is 5.78 Å². The number of carbonyl (C=O) groups is 1. The third kappa shape index (κ3) is 2.29. The van der Waals surface area contributed by atoms with Crippen LogP contribution in [0.15, 0.2) is 6.07 Å². The molecule has 0 fully saturated rings. The summed E-state index contributed by atoms with van der Waals surface area (Å²) in [6.45, 7) is 5.33. The second kappa shape index (κ2) is 4.34. The first-order valence-corrected chi connectivity index (χ1v) is 4.82. The zero-order chi connectivity index (χ0) is 11.6. The molecule has 0 saturated carbocycles. The molecule has 3 heteroatoms. The van der Waals surface area contributed by atoms with Crippen molar-refractivity contribution in [1.82, 2.24) is 0 Å². The number of carbonyl (C=O) groups excluding carboxylic acids is 1. The number of hydrogen-bond acceptors (Lipinski definition) is 3. The van der Waals surface area contributed by atoms with E-state index in [-0.39, 0.29) is 18.0 Å². The van der Waals surface area contributed by atoms with Crippen LogP contribution in [0.2, 0.25) is 0 Å². The third-order valence-corrected chi connectivity index (χ3v) is 2.56. The topological polar surface area (TPSA) is 46.5 Å². The van der Waals surface area contributed by atoms with Crippen LogP contribution in [0.5, 0.6) is 11.5 Å². The molecular formula is C12H16O3. The van der Waals surface area contributed by atoms with Crippen molar-refractivity contribution >= 4 is 5.78 Å². The van der Waals surface area contributed by atoms with E-state index < -0.39 is 0 Å². The maximum Gasteiger partial charge on any atom is 0.161 e. The molecule has 82 valence electrons. The Hall–Kier alpha value is -1.51. The number of rotatable bonds is 3. The number of phenols is 1. The molecule has 0 atom stereocenters. The lowest BCUT2D eigenvalue weighted by atomic mass is 9.97. The maximum absolute atomic E-state index is 11.1. The highest BCUT2D eigenvalue weighted by Crippen LogP contribution is 2.34. The number of aromatic hydroxyl groups is 1. The molecule has 1 N–H and O–H groups in total. The number of ketones is 1. The first kappa shape index (κ1) is 11.6. The van der Waals surface area contributed by atoms with E-state index in [1.807, 2.05) is 13.8 Å². The van der Waals surface area contributed by atoms with Crippen molar-refractivity contribution in [3.8, 4) is 11.5 Å². The highest BCUT2D eigenvalue weighted by molar-refractivity contribution is 5.80. The third-order valence-electron chi connectivity index (χ3n) is 2.56. The Kier molecular flexibility index (Phi) is 3.35. The molecule has 1 rings (SSSR count). The normalized spacial score (nSPS) is 10.1. The monoisotopic (exact) mass is 208 g/mol. The van der Waals surface area contributed by atoms with Crippen LogP contribution >= 0.6 is 0 Å². The van der Waals surface area contributed by atoms with Gasteiger partial charge in [0.15, 0.2) is 11.5 Å². The van der Waals surface area contributed by atoms with E-state index in [1.165, 1.54) is 14.0 Å². The number of ether oxygens (including phenoxy) is 1. The van der Waals surface area contributed by atoms with Gasteiger partial charge in [-0.1, -0.05) is 0 Å². The fraction of sp³-hybridized carbons (Fsp3) is 0.417. The Bertz CT molecular complexity index is 394. The Balaban J connectivity index is 3.33. The molecule has 0 aromatic heterocycles. The lowest BCUT2D eigenvalue weighted by Gasteiger charge is -2.13. The van der Waals surface area contributed by atoms with Gasteiger partial charge in [0, 0.05) is 12.0 Å². The summed E-state index contributed by atoms with van der Waals surface area (Å²) in [4.78, 5) is 11.1. The SMILES string of the molecule is COc1cc(C)c(C)c(CC(C)=O)c1O. The molecule has 0 aliphatic heterocycles. The fourth-order valence-corrected chi connectivity index (χ4v) is 1.56. The molecule has 0 spiro atoms. The zero-order valence-corrected chi connectivity index (χ0v) is 9.55. The second-order valence-corrected chi connectivity index (χ2v) is 3.73. The minimum Gasteiger partial charge on any atom is -0.504 e. The maximum atomic E-state index is 11.1. The summed E-state index contributed by atoms with van der Waals surface area (Å²) in [6.07, 6.45) is 0.246. The van der Waals surface area contributed by atoms with Crippen LogP contribution in [-0.2, 0) is 11.2 Å². The van der Waals surface area contributed by atoms with E-state index >= 15 is 0 Å². The molecule has 0 aliphatic rings. The lowest BCUT2D eigenvalue weighted by Crippen LogP contribution is -2.02. The number of phenolic OH excluding ortho intramolecular Hbond substituents is 1. The number of methoxy groups -OCH3 is 1. The highest BCUT2D eigenvalue weighted by Gasteiger charge is 2.14. The molecule has 15 heavy (non-hydrogen) atoms. The summed E-state index contributed by atoms with van der Waals surface area (Å²) in [6, 6.07) is 1.77. The molecule has 0 saturated heterocycles. The van der Waals surface area contributed by atoms with Gasteiger partial charge in [-0.25, -0.2) is 0 Å². The van der Waals surface area contributed by atoms with Gasteiger partial charge >= 0.3 is 0 Å². The van der Waals surface area contributed by atoms with Crippen LogP contribution < -0.4 is 4.74 Å². The van der Waals surface area contributed by atoms with Gasteiger partial charge < -0.3 is 9.84 Å². The Morgan fingerprint density at radius 1 is 1.47 bits per heavy atom. The summed E-state index contributed by atoms with van der Waals surface area (Å²) >= 11 is 0. The van der Waals surface area contributed by atoms with Gasteiger partial charge in [0.25, 0.3) is 0 Å². The van der Waals surface area contributed by atoms with Crippen molar-refractivity contribution in [1.29, 1.82) is 0 Å². The standard InChI is InChI=1S/C12H16O3/c1-7-5-11(15-4)12(14)10(9(7)3)6-8(2)13/h5,14H,6H2,1-4H3. The second-order valence-electron chi connectivity index (χ2n) is 3.73. The van der Waals surface area contributed by atoms with Crippen LogP contribution in [0.1, 0.15) is 23.6 Å². The zero-order valence-electron chi connectivity index (χ0n) is 9.55. The van der Waals surface area contributed by atoms with Gasteiger partial charge in [-0.3, -0.25) is 4.79 Å². The Morgan fingerprint density at radius 3 is 2.53 bits per heavy atom. The fourth-order valence-electron chi connectivity index (χ4n) is 1.56. The number of aryl methyl sites for hydroxylation is 1. The largest absolute Gasteiger partial charge is 0.504 e. The lowest BCUT2D eigenvalue weighted by molar-refractivity contribution is -0.116. The quantitative estimate of drug-likeness (QED) is 0.827. The van der Waals surface area contributed by atoms with E-state index in [9.17, 15) is 9.90 Å². The predicted octanol–water partition coefficient (Wildman–Crippen LogP) is 2.15. The van der Waals surface area contributed by atoms with Gasteiger partial charge in [-0.15, -0.1) is 0 Å². The van der Waals surface area contributed by atoms with Crippen molar-refractivity contribution in [2.45, 2.75) is 27.2 Å². The summed E-state index contributed by atoms with van der Waals surface area (Å²) in [7, 11) is 1.50. The number of benzene rings is 1. The van der Waals surface area contributed by atoms with Gasteiger partial charge in [0.2, 0.25) is 0 Å². The van der Waals surface area contributed by atoms with Crippen LogP contribution in [0.3, 0.4) is 0 Å². The summed E-state index contributed by atoms with van der Waals surface area (Å²) in [5.41, 5.74) is 2.63. The molecule has 0 radical (unpaired) electrons. The molecule has 0 unspecified atom stereocenters. The molecule has 0 bridgehead atoms. The van der Waals surface area contributed by atoms with Crippen molar-refractivity contribution < 1.29 is 14.6 Å². The average Bonchev–Trinajstić information content (AvgIpc) is 2.18. The summed E-state index contributed by atoms with van der Waals surface area (Å²) in [5, 5.41) is 9.87. The minimum absolute atomic E-state index is 0.0288.